The van der Waals surface area contributed by atoms with Gasteiger partial charge in [-0.25, -0.2) is 0 Å². The molecule has 8 nitrogen and oxygen atoms in total. The zero-order valence-electron chi connectivity index (χ0n) is 17.2. The Balaban J connectivity index is 1.74. The molecule has 156 valence electrons. The number of nitrogens with zero attached hydrogens (tertiary/aromatic N) is 2. The predicted octanol–water partition coefficient (Wildman–Crippen LogP) is 3.65. The van der Waals surface area contributed by atoms with Crippen LogP contribution in [0.5, 0.6) is 17.2 Å². The van der Waals surface area contributed by atoms with Gasteiger partial charge >= 0.3 is 0 Å². The topological polar surface area (TPSA) is 95.7 Å². The molecule has 0 fully saturated rings. The van der Waals surface area contributed by atoms with Gasteiger partial charge in [-0.05, 0) is 30.7 Å². The van der Waals surface area contributed by atoms with E-state index < -0.39 is 6.04 Å². The Morgan fingerprint density at radius 2 is 1.73 bits per heavy atom. The minimum Gasteiger partial charge on any atom is -0.493 e. The summed E-state index contributed by atoms with van der Waals surface area (Å²) >= 11 is 0. The van der Waals surface area contributed by atoms with Gasteiger partial charge < -0.3 is 24.1 Å². The molecule has 0 spiro atoms. The van der Waals surface area contributed by atoms with Crippen molar-refractivity contribution in [2.75, 3.05) is 21.3 Å². The molecule has 0 aliphatic heterocycles. The molecule has 1 heterocycles. The number of hydrogen-bond acceptors (Lipinski definition) is 7. The van der Waals surface area contributed by atoms with Crippen molar-refractivity contribution in [1.29, 1.82) is 0 Å². The van der Waals surface area contributed by atoms with Gasteiger partial charge in [-0.15, -0.1) is 0 Å². The Bertz CT molecular complexity index is 1010. The Morgan fingerprint density at radius 3 is 2.33 bits per heavy atom. The molecule has 0 radical (unpaired) electrons. The average Bonchev–Trinajstić information content (AvgIpc) is 3.28. The minimum absolute atomic E-state index is 0.265. The molecular formula is C22H23N3O5. The summed E-state index contributed by atoms with van der Waals surface area (Å²) in [6, 6.07) is 12.5. The number of benzene rings is 2. The lowest BCUT2D eigenvalue weighted by molar-refractivity contribution is -0.117. The van der Waals surface area contributed by atoms with E-state index >= 15 is 0 Å². The Hall–Kier alpha value is -3.81. The van der Waals surface area contributed by atoms with Crippen LogP contribution >= 0.6 is 0 Å². The Kier molecular flexibility index (Phi) is 6.69. The summed E-state index contributed by atoms with van der Waals surface area (Å²) < 4.78 is 21.4. The van der Waals surface area contributed by atoms with Crippen molar-refractivity contribution < 1.29 is 23.5 Å². The van der Waals surface area contributed by atoms with Crippen LogP contribution in [0, 0.1) is 0 Å². The minimum atomic E-state index is -0.471. The number of carbonyl (C=O) groups is 1. The van der Waals surface area contributed by atoms with Gasteiger partial charge in [-0.1, -0.05) is 35.5 Å². The van der Waals surface area contributed by atoms with E-state index in [2.05, 4.69) is 15.5 Å². The average molecular weight is 409 g/mol. The summed E-state index contributed by atoms with van der Waals surface area (Å²) in [5.74, 6) is 1.78. The van der Waals surface area contributed by atoms with E-state index in [9.17, 15) is 4.79 Å². The third-order valence-electron chi connectivity index (χ3n) is 4.32. The first kappa shape index (κ1) is 20.9. The number of hydrogen-bond donors (Lipinski definition) is 1. The highest BCUT2D eigenvalue weighted by atomic mass is 16.5. The number of amides is 1. The normalized spacial score (nSPS) is 11.9. The monoisotopic (exact) mass is 409 g/mol. The lowest BCUT2D eigenvalue weighted by Gasteiger charge is -2.12. The number of rotatable bonds is 8. The lowest BCUT2D eigenvalue weighted by atomic mass is 10.1. The standard InChI is InChI=1S/C22H23N3O5/c1-14(23-19(26)11-10-15-8-6-5-7-9-15)22-24-21(25-30-22)16-12-17(27-2)20(29-4)18(13-16)28-3/h5-14H,1-4H3,(H,23,26)/b11-10+/t14-/m0/s1. The molecule has 8 heteroatoms. The van der Waals surface area contributed by atoms with Crippen LogP contribution in [0.3, 0.4) is 0 Å². The van der Waals surface area contributed by atoms with E-state index in [1.54, 1.807) is 25.1 Å². The van der Waals surface area contributed by atoms with Crippen LogP contribution in [0.25, 0.3) is 17.5 Å². The number of ether oxygens (including phenoxy) is 3. The molecule has 1 aromatic heterocycles. The second-order valence-corrected chi connectivity index (χ2v) is 6.34. The van der Waals surface area contributed by atoms with Crippen LogP contribution in [0.15, 0.2) is 53.1 Å². The van der Waals surface area contributed by atoms with Crippen LogP contribution in [-0.2, 0) is 4.79 Å². The third kappa shape index (κ3) is 4.78. The summed E-state index contributed by atoms with van der Waals surface area (Å²) in [7, 11) is 4.59. The van der Waals surface area contributed by atoms with Gasteiger partial charge in [0.2, 0.25) is 23.4 Å². The summed E-state index contributed by atoms with van der Waals surface area (Å²) in [4.78, 5) is 16.6. The first-order valence-electron chi connectivity index (χ1n) is 9.23. The van der Waals surface area contributed by atoms with Gasteiger partial charge in [-0.3, -0.25) is 4.79 Å². The van der Waals surface area contributed by atoms with Crippen molar-refractivity contribution in [3.05, 3.63) is 60.0 Å². The van der Waals surface area contributed by atoms with Crippen molar-refractivity contribution >= 4 is 12.0 Å². The number of carbonyl (C=O) groups excluding carboxylic acids is 1. The highest BCUT2D eigenvalue weighted by molar-refractivity contribution is 5.91. The first-order valence-corrected chi connectivity index (χ1v) is 9.23. The van der Waals surface area contributed by atoms with Gasteiger partial charge in [0.1, 0.15) is 6.04 Å². The number of aromatic nitrogens is 2. The van der Waals surface area contributed by atoms with Crippen LogP contribution in [0.2, 0.25) is 0 Å². The first-order chi connectivity index (χ1) is 14.5. The molecular weight excluding hydrogens is 386 g/mol. The lowest BCUT2D eigenvalue weighted by Crippen LogP contribution is -2.24. The maximum Gasteiger partial charge on any atom is 0.249 e. The second-order valence-electron chi connectivity index (χ2n) is 6.34. The van der Waals surface area contributed by atoms with Crippen molar-refractivity contribution in [2.24, 2.45) is 0 Å². The molecule has 0 unspecified atom stereocenters. The molecule has 3 aromatic rings. The molecule has 0 saturated heterocycles. The number of nitrogens with one attached hydrogen (secondary N) is 1. The smallest absolute Gasteiger partial charge is 0.249 e. The molecule has 2 aromatic carbocycles. The maximum atomic E-state index is 12.2. The van der Waals surface area contributed by atoms with Crippen LogP contribution in [-0.4, -0.2) is 37.4 Å². The molecule has 3 rings (SSSR count). The van der Waals surface area contributed by atoms with Gasteiger partial charge in [-0.2, -0.15) is 4.98 Å². The highest BCUT2D eigenvalue weighted by Gasteiger charge is 2.20. The van der Waals surface area contributed by atoms with E-state index in [0.29, 0.717) is 28.6 Å². The molecule has 1 N–H and O–H groups in total. The molecule has 0 aliphatic carbocycles. The zero-order chi connectivity index (χ0) is 21.5. The summed E-state index contributed by atoms with van der Waals surface area (Å²) in [6.45, 7) is 1.76. The summed E-state index contributed by atoms with van der Waals surface area (Å²) in [5.41, 5.74) is 1.56. The molecule has 1 amide bonds. The van der Waals surface area contributed by atoms with Crippen molar-refractivity contribution in [3.63, 3.8) is 0 Å². The van der Waals surface area contributed by atoms with Crippen molar-refractivity contribution in [1.82, 2.24) is 15.5 Å². The van der Waals surface area contributed by atoms with E-state index in [1.807, 2.05) is 30.3 Å². The van der Waals surface area contributed by atoms with E-state index in [0.717, 1.165) is 5.56 Å². The third-order valence-corrected chi connectivity index (χ3v) is 4.32. The van der Waals surface area contributed by atoms with Crippen molar-refractivity contribution in [2.45, 2.75) is 13.0 Å². The predicted molar refractivity (Wildman–Crippen MR) is 111 cm³/mol. The molecule has 1 atom stereocenters. The molecule has 0 aliphatic rings. The van der Waals surface area contributed by atoms with Crippen molar-refractivity contribution in [3.8, 4) is 28.6 Å². The van der Waals surface area contributed by atoms with Gasteiger partial charge in [0, 0.05) is 11.6 Å². The van der Waals surface area contributed by atoms with E-state index in [-0.39, 0.29) is 11.8 Å². The SMILES string of the molecule is COc1cc(-c2noc([C@H](C)NC(=O)/C=C/c3ccccc3)n2)cc(OC)c1OC. The Morgan fingerprint density at radius 1 is 1.07 bits per heavy atom. The van der Waals surface area contributed by atoms with Crippen LogP contribution in [0.4, 0.5) is 0 Å². The largest absolute Gasteiger partial charge is 0.493 e. The molecule has 30 heavy (non-hydrogen) atoms. The fourth-order valence-corrected chi connectivity index (χ4v) is 2.80. The highest BCUT2D eigenvalue weighted by Crippen LogP contribution is 2.40. The number of methoxy groups -OCH3 is 3. The second kappa shape index (κ2) is 9.60. The summed E-state index contributed by atoms with van der Waals surface area (Å²) in [5, 5.41) is 6.81. The van der Waals surface area contributed by atoms with Crippen LogP contribution < -0.4 is 19.5 Å². The van der Waals surface area contributed by atoms with Gasteiger partial charge in [0.05, 0.1) is 21.3 Å². The van der Waals surface area contributed by atoms with Gasteiger partial charge in [0.15, 0.2) is 11.5 Å². The quantitative estimate of drug-likeness (QED) is 0.567. The van der Waals surface area contributed by atoms with E-state index in [4.69, 9.17) is 18.7 Å². The van der Waals surface area contributed by atoms with E-state index in [1.165, 1.54) is 27.4 Å². The fourth-order valence-electron chi connectivity index (χ4n) is 2.80. The Labute approximate surface area is 174 Å². The molecule has 0 bridgehead atoms. The maximum absolute atomic E-state index is 12.2. The van der Waals surface area contributed by atoms with Crippen LogP contribution in [0.1, 0.15) is 24.4 Å². The molecule has 0 saturated carbocycles. The summed E-state index contributed by atoms with van der Waals surface area (Å²) in [6.07, 6.45) is 3.19. The fraction of sp³-hybridized carbons (Fsp3) is 0.227. The van der Waals surface area contributed by atoms with Gasteiger partial charge in [0.25, 0.3) is 0 Å². The zero-order valence-corrected chi connectivity index (χ0v) is 17.2.